The zero-order valence-electron chi connectivity index (χ0n) is 16.6. The number of amides is 3. The summed E-state index contributed by atoms with van der Waals surface area (Å²) in [5, 5.41) is 4.92. The molecule has 1 unspecified atom stereocenters. The SMILES string of the molecule is CC[NH+](CN1C(=O)N[C@](C)(c2ccc3ccccc3c2)C1=O)[C@@H]1CCS(=O)(=O)C1. The summed E-state index contributed by atoms with van der Waals surface area (Å²) in [7, 11) is -3.02. The number of fused-ring (bicyclic) bond motifs is 1. The Morgan fingerprint density at radius 3 is 2.55 bits per heavy atom. The molecule has 2 aromatic carbocycles. The highest BCUT2D eigenvalue weighted by Crippen LogP contribution is 2.30. The molecule has 0 radical (unpaired) electrons. The fourth-order valence-corrected chi connectivity index (χ4v) is 6.21. The third-order valence-corrected chi connectivity index (χ3v) is 7.99. The van der Waals surface area contributed by atoms with Crippen molar-refractivity contribution >= 4 is 32.5 Å². The quantitative estimate of drug-likeness (QED) is 0.701. The minimum Gasteiger partial charge on any atom is -0.319 e. The van der Waals surface area contributed by atoms with E-state index in [4.69, 9.17) is 0 Å². The Kier molecular flexibility index (Phi) is 4.86. The first-order valence-electron chi connectivity index (χ1n) is 9.92. The molecule has 2 N–H and O–H groups in total. The van der Waals surface area contributed by atoms with Gasteiger partial charge in [-0.3, -0.25) is 4.79 Å². The fraction of sp³-hybridized carbons (Fsp3) is 0.429. The van der Waals surface area contributed by atoms with Crippen LogP contribution in [0.5, 0.6) is 0 Å². The average Bonchev–Trinajstić information content (AvgIpc) is 3.16. The Labute approximate surface area is 170 Å². The molecule has 7 nitrogen and oxygen atoms in total. The van der Waals surface area contributed by atoms with Crippen LogP contribution in [0, 0.1) is 0 Å². The van der Waals surface area contributed by atoms with E-state index < -0.39 is 21.4 Å². The zero-order valence-corrected chi connectivity index (χ0v) is 17.5. The van der Waals surface area contributed by atoms with Gasteiger partial charge in [0.2, 0.25) is 0 Å². The second-order valence-corrected chi connectivity index (χ2v) is 10.3. The molecule has 3 amide bonds. The number of benzene rings is 2. The van der Waals surface area contributed by atoms with Gasteiger partial charge in [0.25, 0.3) is 5.91 Å². The van der Waals surface area contributed by atoms with Crippen molar-refractivity contribution in [3.63, 3.8) is 0 Å². The van der Waals surface area contributed by atoms with Gasteiger partial charge in [-0.2, -0.15) is 0 Å². The lowest BCUT2D eigenvalue weighted by molar-refractivity contribution is -0.927. The lowest BCUT2D eigenvalue weighted by Crippen LogP contribution is -3.17. The van der Waals surface area contributed by atoms with Gasteiger partial charge in [0, 0.05) is 6.42 Å². The summed E-state index contributed by atoms with van der Waals surface area (Å²) in [6.45, 7) is 4.48. The molecule has 3 atom stereocenters. The molecule has 0 aromatic heterocycles. The van der Waals surface area contributed by atoms with E-state index in [0.29, 0.717) is 13.0 Å². The number of quaternary nitrogens is 1. The van der Waals surface area contributed by atoms with Crippen molar-refractivity contribution in [1.29, 1.82) is 0 Å². The molecule has 2 saturated heterocycles. The number of carbonyl (C=O) groups is 2. The van der Waals surface area contributed by atoms with Gasteiger partial charge >= 0.3 is 6.03 Å². The molecule has 154 valence electrons. The van der Waals surface area contributed by atoms with E-state index in [1.807, 2.05) is 49.4 Å². The third kappa shape index (κ3) is 3.51. The Bertz CT molecular complexity index is 1080. The van der Waals surface area contributed by atoms with E-state index in [-0.39, 0.29) is 30.1 Å². The smallest absolute Gasteiger partial charge is 0.319 e. The molecular formula is C21H26N3O4S+. The van der Waals surface area contributed by atoms with Crippen LogP contribution < -0.4 is 10.2 Å². The Morgan fingerprint density at radius 2 is 1.90 bits per heavy atom. The van der Waals surface area contributed by atoms with Gasteiger partial charge in [0.1, 0.15) is 17.3 Å². The lowest BCUT2D eigenvalue weighted by atomic mass is 9.90. The van der Waals surface area contributed by atoms with Crippen molar-refractivity contribution in [1.82, 2.24) is 10.2 Å². The lowest BCUT2D eigenvalue weighted by Gasteiger charge is -2.27. The monoisotopic (exact) mass is 416 g/mol. The molecule has 0 aliphatic carbocycles. The predicted molar refractivity (Wildman–Crippen MR) is 110 cm³/mol. The van der Waals surface area contributed by atoms with Crippen molar-refractivity contribution in [2.75, 3.05) is 24.7 Å². The van der Waals surface area contributed by atoms with E-state index in [0.717, 1.165) is 21.2 Å². The third-order valence-electron chi connectivity index (χ3n) is 6.23. The normalized spacial score (nSPS) is 27.4. The second-order valence-electron chi connectivity index (χ2n) is 8.12. The Balaban J connectivity index is 1.58. The average molecular weight is 417 g/mol. The van der Waals surface area contributed by atoms with Gasteiger partial charge in [-0.25, -0.2) is 18.1 Å². The molecule has 2 aromatic rings. The van der Waals surface area contributed by atoms with Crippen molar-refractivity contribution in [2.24, 2.45) is 0 Å². The van der Waals surface area contributed by atoms with Gasteiger partial charge < -0.3 is 10.2 Å². The molecule has 0 saturated carbocycles. The summed E-state index contributed by atoms with van der Waals surface area (Å²) in [4.78, 5) is 28.1. The first-order valence-corrected chi connectivity index (χ1v) is 11.7. The molecule has 29 heavy (non-hydrogen) atoms. The van der Waals surface area contributed by atoms with Gasteiger partial charge in [-0.15, -0.1) is 0 Å². The molecule has 0 spiro atoms. The van der Waals surface area contributed by atoms with Crippen LogP contribution in [0.2, 0.25) is 0 Å². The highest BCUT2D eigenvalue weighted by atomic mass is 32.2. The number of hydrogen-bond acceptors (Lipinski definition) is 4. The topological polar surface area (TPSA) is 88.0 Å². The summed E-state index contributed by atoms with van der Waals surface area (Å²) < 4.78 is 23.7. The summed E-state index contributed by atoms with van der Waals surface area (Å²) in [5.41, 5.74) is -0.402. The van der Waals surface area contributed by atoms with Crippen LogP contribution in [0.25, 0.3) is 10.8 Å². The van der Waals surface area contributed by atoms with Crippen molar-refractivity contribution < 1.29 is 22.9 Å². The molecule has 4 rings (SSSR count). The number of nitrogens with one attached hydrogen (secondary N) is 2. The molecular weight excluding hydrogens is 390 g/mol. The maximum atomic E-state index is 13.3. The highest BCUT2D eigenvalue weighted by Gasteiger charge is 2.51. The molecule has 0 bridgehead atoms. The van der Waals surface area contributed by atoms with E-state index in [2.05, 4.69) is 5.32 Å². The van der Waals surface area contributed by atoms with Crippen LogP contribution in [-0.4, -0.2) is 56.0 Å². The van der Waals surface area contributed by atoms with E-state index >= 15 is 0 Å². The molecule has 2 aliphatic rings. The van der Waals surface area contributed by atoms with Gasteiger partial charge in [-0.05, 0) is 36.2 Å². The maximum absolute atomic E-state index is 13.3. The zero-order chi connectivity index (χ0) is 20.8. The Morgan fingerprint density at radius 1 is 1.17 bits per heavy atom. The van der Waals surface area contributed by atoms with Gasteiger partial charge in [0.05, 0.1) is 12.3 Å². The first kappa shape index (κ1) is 19.8. The number of urea groups is 1. The largest absolute Gasteiger partial charge is 0.329 e. The van der Waals surface area contributed by atoms with Crippen LogP contribution in [0.4, 0.5) is 4.79 Å². The van der Waals surface area contributed by atoms with E-state index in [1.54, 1.807) is 6.92 Å². The summed E-state index contributed by atoms with van der Waals surface area (Å²) in [6, 6.07) is 13.1. The molecule has 2 fully saturated rings. The standard InChI is InChI=1S/C21H25N3O4S/c1-3-23(18-10-11-29(27,28)13-18)14-24-19(25)21(2,22-20(24)26)17-9-8-15-6-4-5-7-16(15)12-17/h4-9,12,18H,3,10-11,13-14H2,1-2H3,(H,22,26)/p+1/t18-,21-/m1/s1. The van der Waals surface area contributed by atoms with Crippen LogP contribution >= 0.6 is 0 Å². The number of nitrogens with zero attached hydrogens (tertiary/aromatic N) is 1. The van der Waals surface area contributed by atoms with E-state index in [9.17, 15) is 18.0 Å². The maximum Gasteiger partial charge on any atom is 0.329 e. The number of imide groups is 1. The summed E-state index contributed by atoms with van der Waals surface area (Å²) >= 11 is 0. The fourth-order valence-electron chi connectivity index (χ4n) is 4.39. The Hall–Kier alpha value is -2.45. The molecule has 2 aliphatic heterocycles. The second kappa shape index (κ2) is 7.11. The van der Waals surface area contributed by atoms with E-state index in [1.165, 1.54) is 4.90 Å². The minimum absolute atomic E-state index is 0.0851. The summed E-state index contributed by atoms with van der Waals surface area (Å²) in [5.74, 6) is -0.0117. The van der Waals surface area contributed by atoms with Crippen molar-refractivity contribution in [3.8, 4) is 0 Å². The van der Waals surface area contributed by atoms with Crippen molar-refractivity contribution in [2.45, 2.75) is 31.8 Å². The molecule has 2 heterocycles. The predicted octanol–water partition coefficient (Wildman–Crippen LogP) is 0.656. The van der Waals surface area contributed by atoms with Gasteiger partial charge in [-0.1, -0.05) is 36.4 Å². The number of rotatable bonds is 5. The van der Waals surface area contributed by atoms with Gasteiger partial charge in [0.15, 0.2) is 16.5 Å². The minimum atomic E-state index is -3.02. The van der Waals surface area contributed by atoms with Crippen molar-refractivity contribution in [3.05, 3.63) is 48.0 Å². The van der Waals surface area contributed by atoms with Crippen LogP contribution in [0.15, 0.2) is 42.5 Å². The molecule has 8 heteroatoms. The number of carbonyl (C=O) groups excluding carboxylic acids is 2. The van der Waals surface area contributed by atoms with Crippen LogP contribution in [0.1, 0.15) is 25.8 Å². The first-order chi connectivity index (χ1) is 13.7. The van der Waals surface area contributed by atoms with Crippen LogP contribution in [0.3, 0.4) is 0 Å². The summed E-state index contributed by atoms with van der Waals surface area (Å²) in [6.07, 6.45) is 0.567. The number of hydrogen-bond donors (Lipinski definition) is 2. The highest BCUT2D eigenvalue weighted by molar-refractivity contribution is 7.91. The van der Waals surface area contributed by atoms with Crippen LogP contribution in [-0.2, 0) is 20.2 Å². The number of sulfone groups is 1.